The zero-order valence-electron chi connectivity index (χ0n) is 9.91. The Bertz CT molecular complexity index is 457. The van der Waals surface area contributed by atoms with Gasteiger partial charge in [0.25, 0.3) is 0 Å². The van der Waals surface area contributed by atoms with Gasteiger partial charge in [-0.05, 0) is 0 Å². The van der Waals surface area contributed by atoms with Crippen LogP contribution in [0.5, 0.6) is 0 Å². The second kappa shape index (κ2) is 4.68. The average molecular weight is 287 g/mol. The molecule has 0 saturated heterocycles. The van der Waals surface area contributed by atoms with Crippen LogP contribution in [0.3, 0.4) is 0 Å². The summed E-state index contributed by atoms with van der Waals surface area (Å²) >= 11 is 0.561. The Morgan fingerprint density at radius 2 is 1.41 bits per heavy atom. The van der Waals surface area contributed by atoms with Crippen molar-refractivity contribution in [1.82, 2.24) is 0 Å². The number of rotatable bonds is 2. The van der Waals surface area contributed by atoms with Crippen molar-refractivity contribution in [2.75, 3.05) is 0 Å². The number of allylic oxidation sites excluding steroid dienone is 6. The molecule has 0 aliphatic heterocycles. The van der Waals surface area contributed by atoms with E-state index in [4.69, 9.17) is 0 Å². The summed E-state index contributed by atoms with van der Waals surface area (Å²) in [6.45, 7) is 2.15. The van der Waals surface area contributed by atoms with Gasteiger partial charge in [-0.2, -0.15) is 0 Å². The average Bonchev–Trinajstić information content (AvgIpc) is 2.56. The third kappa shape index (κ3) is 2.31. The topological polar surface area (TPSA) is 0 Å². The molecule has 0 amide bonds. The molecule has 0 fully saturated rings. The number of fused-ring (bicyclic) bond motifs is 2. The van der Waals surface area contributed by atoms with Gasteiger partial charge in [0, 0.05) is 0 Å². The molecule has 0 aromatic heterocycles. The maximum atomic E-state index is 2.38. The zero-order chi connectivity index (χ0) is 11.7. The molecule has 2 atom stereocenters. The van der Waals surface area contributed by atoms with Gasteiger partial charge in [-0.1, -0.05) is 0 Å². The molecule has 0 heterocycles. The van der Waals surface area contributed by atoms with E-state index >= 15 is 0 Å². The van der Waals surface area contributed by atoms with Crippen molar-refractivity contribution in [2.45, 2.75) is 11.7 Å². The van der Waals surface area contributed by atoms with Crippen molar-refractivity contribution in [3.8, 4) is 0 Å². The molecule has 1 heteroatoms. The Morgan fingerprint density at radius 1 is 0.824 bits per heavy atom. The van der Waals surface area contributed by atoms with Gasteiger partial charge < -0.3 is 0 Å². The van der Waals surface area contributed by atoms with Crippen LogP contribution in [0, 0.1) is 18.8 Å². The third-order valence-corrected chi connectivity index (χ3v) is 6.42. The number of hydrogen-bond acceptors (Lipinski definition) is 0. The van der Waals surface area contributed by atoms with Crippen molar-refractivity contribution >= 4 is 19.4 Å². The van der Waals surface area contributed by atoms with Crippen molar-refractivity contribution in [2.24, 2.45) is 11.8 Å². The van der Waals surface area contributed by atoms with Crippen LogP contribution in [0.15, 0.2) is 60.7 Å². The van der Waals surface area contributed by atoms with Crippen molar-refractivity contribution in [1.29, 1.82) is 0 Å². The molecular weight excluding hydrogens is 271 g/mol. The first kappa shape index (κ1) is 11.1. The SMILES string of the molecule is Cc1ccc([Se]C2C3C=CC=CC2C=C3)cc1. The molecule has 0 nitrogen and oxygen atoms in total. The first-order chi connectivity index (χ1) is 8.33. The summed E-state index contributed by atoms with van der Waals surface area (Å²) < 4.78 is 1.52. The Balaban J connectivity index is 1.80. The Morgan fingerprint density at radius 3 is 2.00 bits per heavy atom. The minimum absolute atomic E-state index is 0.561. The second-order valence-corrected chi connectivity index (χ2v) is 7.33. The molecule has 0 radical (unpaired) electrons. The van der Waals surface area contributed by atoms with Crippen molar-refractivity contribution in [3.63, 3.8) is 0 Å². The van der Waals surface area contributed by atoms with Gasteiger partial charge >= 0.3 is 109 Å². The third-order valence-electron chi connectivity index (χ3n) is 3.39. The number of aryl methyl sites for hydroxylation is 1. The van der Waals surface area contributed by atoms with Crippen LogP contribution in [0.4, 0.5) is 0 Å². The molecule has 2 aliphatic rings. The van der Waals surface area contributed by atoms with E-state index in [1.165, 1.54) is 10.0 Å². The van der Waals surface area contributed by atoms with Gasteiger partial charge in [0.1, 0.15) is 0 Å². The number of benzene rings is 1. The summed E-state index contributed by atoms with van der Waals surface area (Å²) in [5.41, 5.74) is 1.35. The molecular formula is C16H16Se. The van der Waals surface area contributed by atoms with Crippen molar-refractivity contribution in [3.05, 3.63) is 66.3 Å². The molecule has 2 aliphatic carbocycles. The molecule has 3 rings (SSSR count). The fourth-order valence-electron chi connectivity index (χ4n) is 2.40. The van der Waals surface area contributed by atoms with Gasteiger partial charge in [-0.3, -0.25) is 0 Å². The molecule has 2 unspecified atom stereocenters. The van der Waals surface area contributed by atoms with Crippen LogP contribution in [0.1, 0.15) is 5.56 Å². The van der Waals surface area contributed by atoms with E-state index in [0.717, 1.165) is 4.82 Å². The van der Waals surface area contributed by atoms with Crippen LogP contribution in [0.25, 0.3) is 0 Å². The molecule has 0 spiro atoms. The monoisotopic (exact) mass is 288 g/mol. The van der Waals surface area contributed by atoms with E-state index in [1.54, 1.807) is 0 Å². The standard InChI is InChI=1S/C16H16Se/c1-12-6-10-15(11-7-12)17-16-13-4-2-3-5-14(16)9-8-13/h2-11,13-14,16H,1H3. The summed E-state index contributed by atoms with van der Waals surface area (Å²) in [4.78, 5) is 0.778. The summed E-state index contributed by atoms with van der Waals surface area (Å²) in [5.74, 6) is 1.30. The molecule has 86 valence electrons. The predicted molar refractivity (Wildman–Crippen MR) is 74.7 cm³/mol. The molecule has 17 heavy (non-hydrogen) atoms. The van der Waals surface area contributed by atoms with E-state index in [1.807, 2.05) is 0 Å². The number of hydrogen-bond donors (Lipinski definition) is 0. The summed E-state index contributed by atoms with van der Waals surface area (Å²) in [5, 5.41) is 0. The van der Waals surface area contributed by atoms with E-state index in [2.05, 4.69) is 67.6 Å². The van der Waals surface area contributed by atoms with Gasteiger partial charge in [0.05, 0.1) is 0 Å². The Kier molecular flexibility index (Phi) is 3.05. The summed E-state index contributed by atoms with van der Waals surface area (Å²) in [6.07, 6.45) is 13.9. The van der Waals surface area contributed by atoms with Gasteiger partial charge in [0.15, 0.2) is 0 Å². The van der Waals surface area contributed by atoms with Crippen LogP contribution >= 0.6 is 0 Å². The zero-order valence-corrected chi connectivity index (χ0v) is 11.6. The van der Waals surface area contributed by atoms with Crippen molar-refractivity contribution < 1.29 is 0 Å². The summed E-state index contributed by atoms with van der Waals surface area (Å²) in [6, 6.07) is 9.06. The first-order valence-corrected chi connectivity index (χ1v) is 7.94. The quantitative estimate of drug-likeness (QED) is 0.579. The summed E-state index contributed by atoms with van der Waals surface area (Å²) in [7, 11) is 0. The van der Waals surface area contributed by atoms with E-state index in [-0.39, 0.29) is 0 Å². The van der Waals surface area contributed by atoms with E-state index in [0.29, 0.717) is 26.8 Å². The molecule has 0 saturated carbocycles. The predicted octanol–water partition coefficient (Wildman–Crippen LogP) is 3.04. The molecule has 1 aromatic carbocycles. The minimum atomic E-state index is 0.561. The first-order valence-electron chi connectivity index (χ1n) is 6.09. The normalized spacial score (nSPS) is 29.6. The van der Waals surface area contributed by atoms with Crippen LogP contribution < -0.4 is 4.46 Å². The van der Waals surface area contributed by atoms with Crippen LogP contribution in [-0.4, -0.2) is 15.0 Å². The van der Waals surface area contributed by atoms with Gasteiger partial charge in [-0.25, -0.2) is 0 Å². The van der Waals surface area contributed by atoms with E-state index in [9.17, 15) is 0 Å². The van der Waals surface area contributed by atoms with Crippen LogP contribution in [-0.2, 0) is 0 Å². The Hall–Kier alpha value is -1.04. The Labute approximate surface area is 109 Å². The maximum absolute atomic E-state index is 2.38. The molecule has 1 aromatic rings. The second-order valence-electron chi connectivity index (χ2n) is 4.70. The van der Waals surface area contributed by atoms with Gasteiger partial charge in [0.2, 0.25) is 0 Å². The van der Waals surface area contributed by atoms with Crippen LogP contribution in [0.2, 0.25) is 4.82 Å². The van der Waals surface area contributed by atoms with Gasteiger partial charge in [-0.15, -0.1) is 0 Å². The van der Waals surface area contributed by atoms with E-state index < -0.39 is 0 Å². The fourth-order valence-corrected chi connectivity index (χ4v) is 5.09. The fraction of sp³-hybridized carbons (Fsp3) is 0.250. The molecule has 2 bridgehead atoms. The molecule has 0 N–H and O–H groups in total.